The highest BCUT2D eigenvalue weighted by Crippen LogP contribution is 2.41. The summed E-state index contributed by atoms with van der Waals surface area (Å²) in [5, 5.41) is 1.23. The lowest BCUT2D eigenvalue weighted by atomic mass is 9.97. The standard InChI is InChI=1S/C22H24N2O/c1-15(2)12-13-24-21(17-9-4-5-10-18(17)22(24)25)19-14-23(3)20-11-7-6-8-16(19)20/h4-11,14-15,21H,12-13H2,1-3H3/t21-/m1/s1. The van der Waals surface area contributed by atoms with Crippen LogP contribution in [0.1, 0.15) is 47.8 Å². The molecule has 1 aliphatic heterocycles. The average molecular weight is 332 g/mol. The van der Waals surface area contributed by atoms with Crippen molar-refractivity contribution in [2.75, 3.05) is 6.54 Å². The van der Waals surface area contributed by atoms with E-state index in [0.29, 0.717) is 5.92 Å². The Hall–Kier alpha value is -2.55. The van der Waals surface area contributed by atoms with Gasteiger partial charge in [-0.1, -0.05) is 50.2 Å². The van der Waals surface area contributed by atoms with Gasteiger partial charge >= 0.3 is 0 Å². The molecule has 4 rings (SSSR count). The molecule has 2 aromatic carbocycles. The number of para-hydroxylation sites is 1. The van der Waals surface area contributed by atoms with Crippen molar-refractivity contribution in [1.82, 2.24) is 9.47 Å². The van der Waals surface area contributed by atoms with Gasteiger partial charge in [0.15, 0.2) is 0 Å². The third-order valence-electron chi connectivity index (χ3n) is 5.23. The van der Waals surface area contributed by atoms with Crippen molar-refractivity contribution in [2.45, 2.75) is 26.3 Å². The Labute approximate surface area is 148 Å². The summed E-state index contributed by atoms with van der Waals surface area (Å²) in [7, 11) is 2.08. The summed E-state index contributed by atoms with van der Waals surface area (Å²) in [5.41, 5.74) is 4.41. The summed E-state index contributed by atoms with van der Waals surface area (Å²) in [5.74, 6) is 0.735. The van der Waals surface area contributed by atoms with E-state index >= 15 is 0 Å². The Morgan fingerprint density at radius 2 is 1.72 bits per heavy atom. The van der Waals surface area contributed by atoms with Gasteiger partial charge in [0.1, 0.15) is 0 Å². The number of fused-ring (bicyclic) bond motifs is 2. The molecule has 0 N–H and O–H groups in total. The van der Waals surface area contributed by atoms with Crippen LogP contribution in [0.5, 0.6) is 0 Å². The number of hydrogen-bond acceptors (Lipinski definition) is 1. The first-order valence-corrected chi connectivity index (χ1v) is 9.01. The molecule has 0 aliphatic carbocycles. The SMILES string of the molecule is CC(C)CCN1C(=O)c2ccccc2[C@@H]1c1cn(C)c2ccccc12. The van der Waals surface area contributed by atoms with Crippen molar-refractivity contribution in [1.29, 1.82) is 0 Å². The molecule has 0 radical (unpaired) electrons. The number of amides is 1. The van der Waals surface area contributed by atoms with Crippen LogP contribution in [0.25, 0.3) is 10.9 Å². The fourth-order valence-electron chi connectivity index (χ4n) is 3.92. The monoisotopic (exact) mass is 332 g/mol. The molecule has 0 saturated heterocycles. The minimum absolute atomic E-state index is 0.00792. The number of hydrogen-bond donors (Lipinski definition) is 0. The second-order valence-corrected chi connectivity index (χ2v) is 7.38. The van der Waals surface area contributed by atoms with E-state index in [1.54, 1.807) is 0 Å². The minimum Gasteiger partial charge on any atom is -0.350 e. The van der Waals surface area contributed by atoms with Gasteiger partial charge in [-0.05, 0) is 30.0 Å². The largest absolute Gasteiger partial charge is 0.350 e. The molecule has 1 aromatic heterocycles. The number of nitrogens with zero attached hydrogens (tertiary/aromatic N) is 2. The first-order chi connectivity index (χ1) is 12.1. The molecule has 0 fully saturated rings. The van der Waals surface area contributed by atoms with Gasteiger partial charge in [0.05, 0.1) is 6.04 Å². The summed E-state index contributed by atoms with van der Waals surface area (Å²) in [6, 6.07) is 16.5. The predicted octanol–water partition coefficient (Wildman–Crippen LogP) is 4.77. The minimum atomic E-state index is 0.00792. The maximum Gasteiger partial charge on any atom is 0.255 e. The van der Waals surface area contributed by atoms with E-state index in [9.17, 15) is 4.79 Å². The molecule has 0 saturated carbocycles. The van der Waals surface area contributed by atoms with Gasteiger partial charge in [0.2, 0.25) is 0 Å². The van der Waals surface area contributed by atoms with Gasteiger partial charge in [-0.2, -0.15) is 0 Å². The molecule has 128 valence electrons. The number of rotatable bonds is 4. The summed E-state index contributed by atoms with van der Waals surface area (Å²) >= 11 is 0. The van der Waals surface area contributed by atoms with Crippen LogP contribution in [0.3, 0.4) is 0 Å². The number of carbonyl (C=O) groups is 1. The first kappa shape index (κ1) is 15.9. The highest BCUT2D eigenvalue weighted by molar-refractivity contribution is 6.00. The zero-order valence-corrected chi connectivity index (χ0v) is 15.1. The lowest BCUT2D eigenvalue weighted by molar-refractivity contribution is 0.0742. The fraction of sp³-hybridized carbons (Fsp3) is 0.318. The van der Waals surface area contributed by atoms with Crippen LogP contribution in [0.15, 0.2) is 54.7 Å². The quantitative estimate of drug-likeness (QED) is 0.675. The van der Waals surface area contributed by atoms with E-state index in [0.717, 1.165) is 24.1 Å². The molecule has 0 bridgehead atoms. The van der Waals surface area contributed by atoms with Crippen molar-refractivity contribution < 1.29 is 4.79 Å². The van der Waals surface area contributed by atoms with Crippen LogP contribution in [0, 0.1) is 5.92 Å². The van der Waals surface area contributed by atoms with Gasteiger partial charge in [0, 0.05) is 41.8 Å². The fourth-order valence-corrected chi connectivity index (χ4v) is 3.92. The normalized spacial score (nSPS) is 16.9. The summed E-state index contributed by atoms with van der Waals surface area (Å²) in [6.07, 6.45) is 3.20. The Kier molecular flexibility index (Phi) is 3.87. The zero-order chi connectivity index (χ0) is 17.6. The Balaban J connectivity index is 1.87. The van der Waals surface area contributed by atoms with Gasteiger partial charge in [-0.3, -0.25) is 4.79 Å². The van der Waals surface area contributed by atoms with E-state index < -0.39 is 0 Å². The molecule has 1 aliphatic rings. The maximum absolute atomic E-state index is 13.1. The highest BCUT2D eigenvalue weighted by Gasteiger charge is 2.38. The van der Waals surface area contributed by atoms with Gasteiger partial charge in [0.25, 0.3) is 5.91 Å². The van der Waals surface area contributed by atoms with E-state index in [2.05, 4.69) is 66.9 Å². The first-order valence-electron chi connectivity index (χ1n) is 9.01. The molecule has 0 spiro atoms. The van der Waals surface area contributed by atoms with Crippen LogP contribution in [-0.2, 0) is 7.05 Å². The van der Waals surface area contributed by atoms with E-state index in [-0.39, 0.29) is 11.9 Å². The topological polar surface area (TPSA) is 25.2 Å². The molecule has 0 unspecified atom stereocenters. The van der Waals surface area contributed by atoms with Crippen LogP contribution in [0.4, 0.5) is 0 Å². The lowest BCUT2D eigenvalue weighted by Crippen LogP contribution is -2.30. The Bertz CT molecular complexity index is 938. The molecular weight excluding hydrogens is 308 g/mol. The third-order valence-corrected chi connectivity index (χ3v) is 5.23. The van der Waals surface area contributed by atoms with Crippen LogP contribution in [0.2, 0.25) is 0 Å². The number of aryl methyl sites for hydroxylation is 1. The van der Waals surface area contributed by atoms with E-state index in [1.165, 1.54) is 16.5 Å². The van der Waals surface area contributed by atoms with Crippen molar-refractivity contribution in [3.8, 4) is 0 Å². The summed E-state index contributed by atoms with van der Waals surface area (Å²) < 4.78 is 2.16. The molecule has 3 aromatic rings. The second-order valence-electron chi connectivity index (χ2n) is 7.38. The number of aromatic nitrogens is 1. The maximum atomic E-state index is 13.1. The van der Waals surface area contributed by atoms with Gasteiger partial charge < -0.3 is 9.47 Å². The molecule has 1 atom stereocenters. The molecular formula is C22H24N2O. The molecule has 2 heterocycles. The average Bonchev–Trinajstić information content (AvgIpc) is 3.09. The summed E-state index contributed by atoms with van der Waals surface area (Å²) in [4.78, 5) is 15.1. The van der Waals surface area contributed by atoms with Gasteiger partial charge in [-0.15, -0.1) is 0 Å². The smallest absolute Gasteiger partial charge is 0.255 e. The lowest BCUT2D eigenvalue weighted by Gasteiger charge is -2.26. The summed E-state index contributed by atoms with van der Waals surface area (Å²) in [6.45, 7) is 5.21. The van der Waals surface area contributed by atoms with Crippen LogP contribution in [-0.4, -0.2) is 21.9 Å². The molecule has 3 heteroatoms. The van der Waals surface area contributed by atoms with Crippen molar-refractivity contribution in [3.05, 3.63) is 71.4 Å². The predicted molar refractivity (Wildman–Crippen MR) is 102 cm³/mol. The second kappa shape index (κ2) is 6.07. The molecule has 25 heavy (non-hydrogen) atoms. The number of benzene rings is 2. The third kappa shape index (κ3) is 2.55. The highest BCUT2D eigenvalue weighted by atomic mass is 16.2. The van der Waals surface area contributed by atoms with Crippen LogP contribution >= 0.6 is 0 Å². The Morgan fingerprint density at radius 1 is 1.00 bits per heavy atom. The molecule has 3 nitrogen and oxygen atoms in total. The number of carbonyl (C=O) groups excluding carboxylic acids is 1. The Morgan fingerprint density at radius 3 is 2.52 bits per heavy atom. The van der Waals surface area contributed by atoms with Crippen molar-refractivity contribution in [2.24, 2.45) is 13.0 Å². The van der Waals surface area contributed by atoms with Gasteiger partial charge in [-0.25, -0.2) is 0 Å². The van der Waals surface area contributed by atoms with Crippen molar-refractivity contribution in [3.63, 3.8) is 0 Å². The van der Waals surface area contributed by atoms with E-state index in [4.69, 9.17) is 0 Å². The zero-order valence-electron chi connectivity index (χ0n) is 15.1. The van der Waals surface area contributed by atoms with Crippen LogP contribution < -0.4 is 0 Å². The van der Waals surface area contributed by atoms with Crippen molar-refractivity contribution >= 4 is 16.8 Å². The molecule has 1 amide bonds. The van der Waals surface area contributed by atoms with E-state index in [1.807, 2.05) is 18.2 Å².